The number of benzene rings is 1. The first-order chi connectivity index (χ1) is 7.97. The van der Waals surface area contributed by atoms with E-state index in [1.807, 2.05) is 0 Å². The van der Waals surface area contributed by atoms with Gasteiger partial charge < -0.3 is 0 Å². The standard InChI is InChI=1S/C10H10ClNO4S/c11-17(14,15)7-8-3-1-2-4-9(8)12-10(13)5-6-16-12/h1-4H,5-7H2. The Balaban J connectivity index is 2.37. The van der Waals surface area contributed by atoms with Crippen LogP contribution in [0.15, 0.2) is 24.3 Å². The third-order valence-corrected chi connectivity index (χ3v) is 3.28. The number of rotatable bonds is 3. The van der Waals surface area contributed by atoms with Gasteiger partial charge in [-0.05, 0) is 11.6 Å². The van der Waals surface area contributed by atoms with E-state index in [9.17, 15) is 13.2 Å². The summed E-state index contributed by atoms with van der Waals surface area (Å²) in [7, 11) is 1.54. The predicted molar refractivity (Wildman–Crippen MR) is 63.0 cm³/mol. The Hall–Kier alpha value is -1.11. The number of anilines is 1. The molecule has 0 N–H and O–H groups in total. The molecular formula is C10H10ClNO4S. The average Bonchev–Trinajstić information content (AvgIpc) is 2.63. The maximum absolute atomic E-state index is 11.5. The van der Waals surface area contributed by atoms with Crippen molar-refractivity contribution < 1.29 is 18.0 Å². The Bertz CT molecular complexity index is 543. The molecule has 17 heavy (non-hydrogen) atoms. The van der Waals surface area contributed by atoms with Crippen LogP contribution in [0.1, 0.15) is 12.0 Å². The Morgan fingerprint density at radius 3 is 2.65 bits per heavy atom. The smallest absolute Gasteiger partial charge is 0.253 e. The normalized spacial score (nSPS) is 16.5. The van der Waals surface area contributed by atoms with Crippen molar-refractivity contribution in [1.82, 2.24) is 0 Å². The third kappa shape index (κ3) is 2.96. The molecule has 0 spiro atoms. The molecule has 1 saturated heterocycles. The van der Waals surface area contributed by atoms with E-state index in [2.05, 4.69) is 0 Å². The number of nitrogens with zero attached hydrogens (tertiary/aromatic N) is 1. The van der Waals surface area contributed by atoms with E-state index in [4.69, 9.17) is 15.5 Å². The van der Waals surface area contributed by atoms with Gasteiger partial charge in [0, 0.05) is 10.7 Å². The molecule has 0 saturated carbocycles. The monoisotopic (exact) mass is 275 g/mol. The summed E-state index contributed by atoms with van der Waals surface area (Å²) in [6.45, 7) is 0.306. The molecule has 1 aromatic carbocycles. The lowest BCUT2D eigenvalue weighted by atomic mass is 10.2. The van der Waals surface area contributed by atoms with Gasteiger partial charge in [0.15, 0.2) is 0 Å². The van der Waals surface area contributed by atoms with E-state index in [-0.39, 0.29) is 11.7 Å². The van der Waals surface area contributed by atoms with Crippen LogP contribution in [0.5, 0.6) is 0 Å². The maximum Gasteiger partial charge on any atom is 0.253 e. The van der Waals surface area contributed by atoms with Gasteiger partial charge in [-0.2, -0.15) is 5.06 Å². The topological polar surface area (TPSA) is 63.7 Å². The minimum Gasteiger partial charge on any atom is -0.272 e. The van der Waals surface area contributed by atoms with Crippen LogP contribution in [0.3, 0.4) is 0 Å². The summed E-state index contributed by atoms with van der Waals surface area (Å²) in [5, 5.41) is 1.12. The Morgan fingerprint density at radius 1 is 1.35 bits per heavy atom. The van der Waals surface area contributed by atoms with Gasteiger partial charge in [-0.1, -0.05) is 18.2 Å². The summed E-state index contributed by atoms with van der Waals surface area (Å²) in [4.78, 5) is 16.7. The lowest BCUT2D eigenvalue weighted by molar-refractivity contribution is -0.119. The third-order valence-electron chi connectivity index (χ3n) is 2.30. The Morgan fingerprint density at radius 2 is 2.06 bits per heavy atom. The summed E-state index contributed by atoms with van der Waals surface area (Å²) in [5.41, 5.74) is 0.872. The lowest BCUT2D eigenvalue weighted by Gasteiger charge is -2.17. The molecule has 5 nitrogen and oxygen atoms in total. The molecule has 0 bridgehead atoms. The largest absolute Gasteiger partial charge is 0.272 e. The van der Waals surface area contributed by atoms with Crippen LogP contribution < -0.4 is 5.06 Å². The number of carbonyl (C=O) groups excluding carboxylic acids is 1. The average molecular weight is 276 g/mol. The number of amides is 1. The van der Waals surface area contributed by atoms with Gasteiger partial charge in [0.2, 0.25) is 9.05 Å². The summed E-state index contributed by atoms with van der Waals surface area (Å²) in [6, 6.07) is 6.61. The van der Waals surface area contributed by atoms with Gasteiger partial charge in [-0.25, -0.2) is 8.42 Å². The van der Waals surface area contributed by atoms with Crippen molar-refractivity contribution in [3.63, 3.8) is 0 Å². The highest BCUT2D eigenvalue weighted by atomic mass is 35.7. The van der Waals surface area contributed by atoms with Crippen molar-refractivity contribution in [3.8, 4) is 0 Å². The van der Waals surface area contributed by atoms with Crippen molar-refractivity contribution >= 4 is 31.3 Å². The Labute approximate surface area is 103 Å². The van der Waals surface area contributed by atoms with E-state index in [1.54, 1.807) is 24.3 Å². The maximum atomic E-state index is 11.5. The van der Waals surface area contributed by atoms with Crippen molar-refractivity contribution in [2.45, 2.75) is 12.2 Å². The van der Waals surface area contributed by atoms with Crippen LogP contribution in [0.2, 0.25) is 0 Å². The van der Waals surface area contributed by atoms with Gasteiger partial charge in [0.1, 0.15) is 0 Å². The van der Waals surface area contributed by atoms with Crippen molar-refractivity contribution in [3.05, 3.63) is 29.8 Å². The van der Waals surface area contributed by atoms with E-state index >= 15 is 0 Å². The second-order valence-corrected chi connectivity index (χ2v) is 6.36. The van der Waals surface area contributed by atoms with E-state index in [0.29, 0.717) is 24.3 Å². The van der Waals surface area contributed by atoms with Crippen LogP contribution >= 0.6 is 10.7 Å². The fraction of sp³-hybridized carbons (Fsp3) is 0.300. The summed E-state index contributed by atoms with van der Waals surface area (Å²) < 4.78 is 22.1. The van der Waals surface area contributed by atoms with E-state index < -0.39 is 9.05 Å². The van der Waals surface area contributed by atoms with Crippen molar-refractivity contribution in [2.24, 2.45) is 0 Å². The molecule has 1 aliphatic heterocycles. The van der Waals surface area contributed by atoms with Crippen LogP contribution in [-0.2, 0) is 24.4 Å². The molecule has 0 atom stereocenters. The molecule has 92 valence electrons. The second kappa shape index (κ2) is 4.64. The van der Waals surface area contributed by atoms with Crippen LogP contribution in [0.25, 0.3) is 0 Å². The fourth-order valence-electron chi connectivity index (χ4n) is 1.62. The van der Waals surface area contributed by atoms with Crippen molar-refractivity contribution in [2.75, 3.05) is 11.7 Å². The number of para-hydroxylation sites is 1. The lowest BCUT2D eigenvalue weighted by Crippen LogP contribution is -2.23. The molecule has 1 fully saturated rings. The molecule has 1 aromatic rings. The minimum absolute atomic E-state index is 0.190. The zero-order chi connectivity index (χ0) is 12.5. The van der Waals surface area contributed by atoms with Gasteiger partial charge in [0.05, 0.1) is 24.5 Å². The van der Waals surface area contributed by atoms with Gasteiger partial charge in [-0.15, -0.1) is 0 Å². The SMILES string of the molecule is O=C1CCON1c1ccccc1CS(=O)(=O)Cl. The highest BCUT2D eigenvalue weighted by Gasteiger charge is 2.26. The number of hydrogen-bond acceptors (Lipinski definition) is 4. The van der Waals surface area contributed by atoms with Gasteiger partial charge >= 0.3 is 0 Å². The molecule has 2 rings (SSSR count). The van der Waals surface area contributed by atoms with Crippen LogP contribution in [0.4, 0.5) is 5.69 Å². The molecular weight excluding hydrogens is 266 g/mol. The van der Waals surface area contributed by atoms with Crippen LogP contribution in [-0.4, -0.2) is 20.9 Å². The molecule has 0 aromatic heterocycles. The van der Waals surface area contributed by atoms with E-state index in [0.717, 1.165) is 5.06 Å². The molecule has 0 radical (unpaired) electrons. The number of hydrogen-bond donors (Lipinski definition) is 0. The van der Waals surface area contributed by atoms with Gasteiger partial charge in [-0.3, -0.25) is 9.63 Å². The minimum atomic E-state index is -3.67. The predicted octanol–water partition coefficient (Wildman–Crippen LogP) is 1.42. The summed E-state index contributed by atoms with van der Waals surface area (Å²) in [5.74, 6) is -0.526. The van der Waals surface area contributed by atoms with Crippen molar-refractivity contribution in [1.29, 1.82) is 0 Å². The highest BCUT2D eigenvalue weighted by Crippen LogP contribution is 2.26. The number of hydroxylamine groups is 1. The van der Waals surface area contributed by atoms with Crippen LogP contribution in [0, 0.1) is 0 Å². The molecule has 0 aliphatic carbocycles. The number of halogens is 1. The first kappa shape index (κ1) is 12.3. The zero-order valence-electron chi connectivity index (χ0n) is 8.80. The molecule has 0 unspecified atom stereocenters. The highest BCUT2D eigenvalue weighted by molar-refractivity contribution is 8.13. The molecule has 1 amide bonds. The van der Waals surface area contributed by atoms with Gasteiger partial charge in [0.25, 0.3) is 5.91 Å². The summed E-state index contributed by atoms with van der Waals surface area (Å²) >= 11 is 0. The molecule has 1 heterocycles. The number of carbonyl (C=O) groups is 1. The zero-order valence-corrected chi connectivity index (χ0v) is 10.4. The molecule has 7 heteroatoms. The first-order valence-corrected chi connectivity index (χ1v) is 7.41. The van der Waals surface area contributed by atoms with E-state index in [1.165, 1.54) is 0 Å². The second-order valence-electron chi connectivity index (χ2n) is 3.58. The molecule has 1 aliphatic rings. The fourth-order valence-corrected chi connectivity index (χ4v) is 2.59. The quantitative estimate of drug-likeness (QED) is 0.783. The Kier molecular flexibility index (Phi) is 3.37. The first-order valence-electron chi connectivity index (χ1n) is 4.93. The summed E-state index contributed by atoms with van der Waals surface area (Å²) in [6.07, 6.45) is 0.294.